The van der Waals surface area contributed by atoms with E-state index in [1.54, 1.807) is 18.4 Å². The Morgan fingerprint density at radius 3 is 2.64 bits per heavy atom. The fourth-order valence-electron chi connectivity index (χ4n) is 1.61. The number of thiazole rings is 1. The number of nitrogens with one attached hydrogen (secondary N) is 2. The Bertz CT molecular complexity index is 449. The van der Waals surface area contributed by atoms with E-state index in [-0.39, 0.29) is 29.6 Å². The van der Waals surface area contributed by atoms with Gasteiger partial charge in [-0.15, -0.1) is 35.3 Å². The molecule has 2 N–H and O–H groups in total. The van der Waals surface area contributed by atoms with Crippen molar-refractivity contribution in [1.82, 2.24) is 15.6 Å². The minimum Gasteiger partial charge on any atom is -0.377 e. The van der Waals surface area contributed by atoms with Crippen LogP contribution in [0.15, 0.2) is 10.4 Å². The standard InChI is InChI=1S/C15H28N4OS.HI/c1-6-13-19-12(10-21-13)8-9-17-14(16-7-2)18-11-15(3,4)20-5;/h10H,6-9,11H2,1-5H3,(H2,16,17,18);1H. The summed E-state index contributed by atoms with van der Waals surface area (Å²) in [5.74, 6) is 0.827. The fourth-order valence-corrected chi connectivity index (χ4v) is 2.39. The van der Waals surface area contributed by atoms with Crippen molar-refractivity contribution in [1.29, 1.82) is 0 Å². The molecular formula is C15H29IN4OS. The number of rotatable bonds is 8. The van der Waals surface area contributed by atoms with Crippen molar-refractivity contribution in [3.05, 3.63) is 16.1 Å². The summed E-state index contributed by atoms with van der Waals surface area (Å²) in [7, 11) is 1.71. The van der Waals surface area contributed by atoms with Crippen LogP contribution in [-0.2, 0) is 17.6 Å². The molecular weight excluding hydrogens is 411 g/mol. The van der Waals surface area contributed by atoms with Crippen LogP contribution in [0, 0.1) is 0 Å². The summed E-state index contributed by atoms with van der Waals surface area (Å²) in [6, 6.07) is 0. The number of methoxy groups -OCH3 is 1. The first-order valence-corrected chi connectivity index (χ1v) is 8.39. The normalized spacial score (nSPS) is 12.0. The highest BCUT2D eigenvalue weighted by Crippen LogP contribution is 2.10. The number of aryl methyl sites for hydroxylation is 1. The lowest BCUT2D eigenvalue weighted by atomic mass is 10.1. The summed E-state index contributed by atoms with van der Waals surface area (Å²) >= 11 is 1.73. The second-order valence-electron chi connectivity index (χ2n) is 5.42. The number of ether oxygens (including phenoxy) is 1. The summed E-state index contributed by atoms with van der Waals surface area (Å²) in [5.41, 5.74) is 0.908. The van der Waals surface area contributed by atoms with Gasteiger partial charge in [0.05, 0.1) is 22.8 Å². The molecule has 0 fully saturated rings. The number of nitrogens with zero attached hydrogens (tertiary/aromatic N) is 2. The van der Waals surface area contributed by atoms with Gasteiger partial charge in [0.2, 0.25) is 0 Å². The van der Waals surface area contributed by atoms with E-state index < -0.39 is 0 Å². The van der Waals surface area contributed by atoms with Crippen molar-refractivity contribution >= 4 is 41.3 Å². The van der Waals surface area contributed by atoms with Gasteiger partial charge in [-0.25, -0.2) is 4.98 Å². The van der Waals surface area contributed by atoms with E-state index in [1.165, 1.54) is 5.01 Å². The van der Waals surface area contributed by atoms with Crippen LogP contribution in [0.4, 0.5) is 0 Å². The Morgan fingerprint density at radius 2 is 2.09 bits per heavy atom. The van der Waals surface area contributed by atoms with Gasteiger partial charge >= 0.3 is 0 Å². The van der Waals surface area contributed by atoms with E-state index >= 15 is 0 Å². The van der Waals surface area contributed by atoms with Crippen molar-refractivity contribution in [2.45, 2.75) is 46.1 Å². The van der Waals surface area contributed by atoms with Gasteiger partial charge in [0.15, 0.2) is 5.96 Å². The molecule has 0 aromatic carbocycles. The summed E-state index contributed by atoms with van der Waals surface area (Å²) in [5, 5.41) is 9.93. The molecule has 0 aliphatic heterocycles. The highest BCUT2D eigenvalue weighted by molar-refractivity contribution is 14.0. The molecule has 22 heavy (non-hydrogen) atoms. The fraction of sp³-hybridized carbons (Fsp3) is 0.733. The van der Waals surface area contributed by atoms with Crippen LogP contribution in [0.5, 0.6) is 0 Å². The first-order valence-electron chi connectivity index (χ1n) is 7.51. The molecule has 0 aliphatic carbocycles. The van der Waals surface area contributed by atoms with Crippen molar-refractivity contribution in [2.75, 3.05) is 26.7 Å². The first-order chi connectivity index (χ1) is 10.0. The lowest BCUT2D eigenvalue weighted by Gasteiger charge is -2.21. The van der Waals surface area contributed by atoms with E-state index in [9.17, 15) is 0 Å². The van der Waals surface area contributed by atoms with Gasteiger partial charge in [0.25, 0.3) is 0 Å². The molecule has 0 bridgehead atoms. The van der Waals surface area contributed by atoms with E-state index in [0.29, 0.717) is 6.54 Å². The molecule has 128 valence electrons. The highest BCUT2D eigenvalue weighted by atomic mass is 127. The van der Waals surface area contributed by atoms with Crippen LogP contribution < -0.4 is 10.6 Å². The van der Waals surface area contributed by atoms with Gasteiger partial charge in [-0.2, -0.15) is 0 Å². The maximum absolute atomic E-state index is 5.38. The molecule has 1 rings (SSSR count). The van der Waals surface area contributed by atoms with Gasteiger partial charge < -0.3 is 15.4 Å². The lowest BCUT2D eigenvalue weighted by molar-refractivity contribution is 0.0310. The average molecular weight is 440 g/mol. The van der Waals surface area contributed by atoms with Crippen LogP contribution in [-0.4, -0.2) is 43.3 Å². The predicted molar refractivity (Wildman–Crippen MR) is 106 cm³/mol. The van der Waals surface area contributed by atoms with Crippen molar-refractivity contribution in [3.8, 4) is 0 Å². The maximum Gasteiger partial charge on any atom is 0.191 e. The zero-order valence-corrected chi connectivity index (χ0v) is 17.4. The SMILES string of the molecule is CCNC(=NCC(C)(C)OC)NCCc1csc(CC)n1.I. The Balaban J connectivity index is 0.00000441. The van der Waals surface area contributed by atoms with Crippen molar-refractivity contribution < 1.29 is 4.74 Å². The van der Waals surface area contributed by atoms with E-state index in [1.807, 2.05) is 13.8 Å². The Kier molecular flexibility index (Phi) is 11.0. The van der Waals surface area contributed by atoms with Crippen LogP contribution in [0.25, 0.3) is 0 Å². The number of hydrogen-bond donors (Lipinski definition) is 2. The summed E-state index contributed by atoms with van der Waals surface area (Å²) in [4.78, 5) is 9.13. The van der Waals surface area contributed by atoms with Gasteiger partial charge in [-0.05, 0) is 27.2 Å². The molecule has 0 saturated carbocycles. The van der Waals surface area contributed by atoms with Gasteiger partial charge in [-0.1, -0.05) is 6.92 Å². The Morgan fingerprint density at radius 1 is 1.36 bits per heavy atom. The predicted octanol–water partition coefficient (Wildman–Crippen LogP) is 2.85. The van der Waals surface area contributed by atoms with Crippen LogP contribution in [0.3, 0.4) is 0 Å². The molecule has 0 atom stereocenters. The van der Waals surface area contributed by atoms with Gasteiger partial charge in [0.1, 0.15) is 0 Å². The Hall–Kier alpha value is -0.410. The monoisotopic (exact) mass is 440 g/mol. The molecule has 0 saturated heterocycles. The largest absolute Gasteiger partial charge is 0.377 e. The van der Waals surface area contributed by atoms with Crippen molar-refractivity contribution in [2.24, 2.45) is 4.99 Å². The molecule has 0 aliphatic rings. The maximum atomic E-state index is 5.38. The number of aromatic nitrogens is 1. The third-order valence-electron chi connectivity index (χ3n) is 3.09. The van der Waals surface area contributed by atoms with Crippen LogP contribution in [0.1, 0.15) is 38.4 Å². The molecule has 0 radical (unpaired) electrons. The third-order valence-corrected chi connectivity index (χ3v) is 4.13. The minimum absolute atomic E-state index is 0. The first kappa shape index (κ1) is 21.6. The molecule has 7 heteroatoms. The molecule has 0 amide bonds. The quantitative estimate of drug-likeness (QED) is 0.371. The smallest absolute Gasteiger partial charge is 0.191 e. The molecule has 0 spiro atoms. The third kappa shape index (κ3) is 8.28. The number of aliphatic imine (C=N–C) groups is 1. The van der Waals surface area contributed by atoms with E-state index in [2.05, 4.69) is 39.8 Å². The van der Waals surface area contributed by atoms with Crippen LogP contribution >= 0.6 is 35.3 Å². The molecule has 1 heterocycles. The molecule has 1 aromatic rings. The van der Waals surface area contributed by atoms with E-state index in [4.69, 9.17) is 4.74 Å². The number of hydrogen-bond acceptors (Lipinski definition) is 4. The van der Waals surface area contributed by atoms with Gasteiger partial charge in [-0.3, -0.25) is 4.99 Å². The zero-order valence-electron chi connectivity index (χ0n) is 14.2. The second kappa shape index (κ2) is 11.2. The highest BCUT2D eigenvalue weighted by Gasteiger charge is 2.15. The number of guanidine groups is 1. The average Bonchev–Trinajstić information content (AvgIpc) is 2.93. The number of halogens is 1. The summed E-state index contributed by atoms with van der Waals surface area (Å²) < 4.78 is 5.38. The van der Waals surface area contributed by atoms with E-state index in [0.717, 1.165) is 37.6 Å². The summed E-state index contributed by atoms with van der Waals surface area (Å²) in [6.45, 7) is 10.5. The molecule has 0 unspecified atom stereocenters. The second-order valence-corrected chi connectivity index (χ2v) is 6.36. The summed E-state index contributed by atoms with van der Waals surface area (Å²) in [6.07, 6.45) is 1.92. The molecule has 1 aromatic heterocycles. The topological polar surface area (TPSA) is 58.5 Å². The molecule has 5 nitrogen and oxygen atoms in total. The minimum atomic E-state index is -0.243. The van der Waals surface area contributed by atoms with Gasteiger partial charge in [0, 0.05) is 32.0 Å². The lowest BCUT2D eigenvalue weighted by Crippen LogP contribution is -2.40. The zero-order chi connectivity index (χ0) is 15.7. The van der Waals surface area contributed by atoms with Crippen LogP contribution in [0.2, 0.25) is 0 Å². The van der Waals surface area contributed by atoms with Crippen molar-refractivity contribution in [3.63, 3.8) is 0 Å². The Labute approximate surface area is 155 Å².